The number of nitrogens with zero attached hydrogens (tertiary/aromatic N) is 1. The molecule has 0 N–H and O–H groups in total. The first kappa shape index (κ1) is 14.9. The minimum Gasteiger partial charge on any atom is -0.455 e. The molecule has 1 heterocycles. The number of pyridine rings is 1. The molecule has 2 nitrogen and oxygen atoms in total. The Morgan fingerprint density at radius 1 is 1.10 bits per heavy atom. The quantitative estimate of drug-likeness (QED) is 0.691. The largest absolute Gasteiger partial charge is 0.455 e. The molecule has 1 aromatic carbocycles. The molecule has 0 amide bonds. The third-order valence-electron chi connectivity index (χ3n) is 3.75. The van der Waals surface area contributed by atoms with Crippen molar-refractivity contribution < 1.29 is 4.74 Å². The van der Waals surface area contributed by atoms with E-state index < -0.39 is 0 Å². The van der Waals surface area contributed by atoms with E-state index in [1.165, 1.54) is 5.56 Å². The molecule has 2 aromatic rings. The summed E-state index contributed by atoms with van der Waals surface area (Å²) in [6, 6.07) is 11.8. The van der Waals surface area contributed by atoms with Crippen LogP contribution in [0.4, 0.5) is 0 Å². The standard InChI is InChI=1S/C17H20ClNO/c1-5-17(3,4)13-6-8-14(9-7-13)20-15-10-11-16(18)19-12(15)2/h6-11H,5H2,1-4H3. The topological polar surface area (TPSA) is 22.1 Å². The van der Waals surface area contributed by atoms with Crippen LogP contribution in [0.3, 0.4) is 0 Å². The summed E-state index contributed by atoms with van der Waals surface area (Å²) >= 11 is 5.84. The number of ether oxygens (including phenoxy) is 1. The Morgan fingerprint density at radius 2 is 1.75 bits per heavy atom. The minimum atomic E-state index is 0.191. The summed E-state index contributed by atoms with van der Waals surface area (Å²) in [5.74, 6) is 1.55. The van der Waals surface area contributed by atoms with Gasteiger partial charge in [-0.25, -0.2) is 4.98 Å². The third kappa shape index (κ3) is 3.31. The van der Waals surface area contributed by atoms with Gasteiger partial charge in [-0.15, -0.1) is 0 Å². The van der Waals surface area contributed by atoms with Crippen LogP contribution in [0.25, 0.3) is 0 Å². The molecule has 2 rings (SSSR count). The third-order valence-corrected chi connectivity index (χ3v) is 3.96. The highest BCUT2D eigenvalue weighted by Gasteiger charge is 2.17. The summed E-state index contributed by atoms with van der Waals surface area (Å²) in [6.45, 7) is 8.58. The number of rotatable bonds is 4. The molecule has 0 aliphatic rings. The summed E-state index contributed by atoms with van der Waals surface area (Å²) in [5, 5.41) is 0.481. The van der Waals surface area contributed by atoms with Gasteiger partial charge in [-0.1, -0.05) is 44.5 Å². The molecule has 0 saturated carbocycles. The zero-order valence-electron chi connectivity index (χ0n) is 12.4. The molecule has 0 radical (unpaired) electrons. The lowest BCUT2D eigenvalue weighted by atomic mass is 9.82. The Bertz CT molecular complexity index is 590. The van der Waals surface area contributed by atoms with E-state index in [0.717, 1.165) is 23.6 Å². The lowest BCUT2D eigenvalue weighted by Crippen LogP contribution is -2.14. The molecule has 0 fully saturated rings. The first-order valence-electron chi connectivity index (χ1n) is 6.84. The zero-order valence-corrected chi connectivity index (χ0v) is 13.2. The van der Waals surface area contributed by atoms with Crippen molar-refractivity contribution in [2.24, 2.45) is 0 Å². The van der Waals surface area contributed by atoms with Crippen LogP contribution in [0.2, 0.25) is 5.15 Å². The number of hydrogen-bond acceptors (Lipinski definition) is 2. The number of aromatic nitrogens is 1. The molecular weight excluding hydrogens is 270 g/mol. The molecule has 0 aliphatic carbocycles. The summed E-state index contributed by atoms with van der Waals surface area (Å²) in [5.41, 5.74) is 2.30. The molecule has 0 saturated heterocycles. The SMILES string of the molecule is CCC(C)(C)c1ccc(Oc2ccc(Cl)nc2C)cc1. The van der Waals surface area contributed by atoms with E-state index in [0.29, 0.717) is 5.15 Å². The van der Waals surface area contributed by atoms with Gasteiger partial charge in [0, 0.05) is 0 Å². The van der Waals surface area contributed by atoms with E-state index in [1.807, 2.05) is 25.1 Å². The molecule has 3 heteroatoms. The Labute approximate surface area is 125 Å². The molecule has 0 aliphatic heterocycles. The van der Waals surface area contributed by atoms with Gasteiger partial charge in [-0.3, -0.25) is 0 Å². The molecular formula is C17H20ClNO. The summed E-state index contributed by atoms with van der Waals surface area (Å²) < 4.78 is 5.84. The first-order chi connectivity index (χ1) is 9.42. The van der Waals surface area contributed by atoms with Crippen molar-refractivity contribution in [2.75, 3.05) is 0 Å². The van der Waals surface area contributed by atoms with Gasteiger partial charge in [-0.05, 0) is 48.6 Å². The smallest absolute Gasteiger partial charge is 0.148 e. The van der Waals surface area contributed by atoms with Gasteiger partial charge >= 0.3 is 0 Å². The van der Waals surface area contributed by atoms with E-state index >= 15 is 0 Å². The van der Waals surface area contributed by atoms with Crippen LogP contribution < -0.4 is 4.74 Å². The van der Waals surface area contributed by atoms with Crippen molar-refractivity contribution in [2.45, 2.75) is 39.5 Å². The molecule has 0 atom stereocenters. The number of halogens is 1. The molecule has 0 spiro atoms. The van der Waals surface area contributed by atoms with Gasteiger partial charge in [0.25, 0.3) is 0 Å². The highest BCUT2D eigenvalue weighted by molar-refractivity contribution is 6.29. The van der Waals surface area contributed by atoms with Crippen LogP contribution in [0.5, 0.6) is 11.5 Å². The van der Waals surface area contributed by atoms with Crippen LogP contribution in [0, 0.1) is 6.92 Å². The van der Waals surface area contributed by atoms with Gasteiger partial charge in [0.1, 0.15) is 16.7 Å². The van der Waals surface area contributed by atoms with Crippen molar-refractivity contribution in [3.8, 4) is 11.5 Å². The number of aryl methyl sites for hydroxylation is 1. The van der Waals surface area contributed by atoms with E-state index in [4.69, 9.17) is 16.3 Å². The summed E-state index contributed by atoms with van der Waals surface area (Å²) in [7, 11) is 0. The average Bonchev–Trinajstić information content (AvgIpc) is 2.42. The second-order valence-corrected chi connectivity index (χ2v) is 5.97. The maximum absolute atomic E-state index is 5.84. The maximum atomic E-state index is 5.84. The molecule has 1 aromatic heterocycles. The highest BCUT2D eigenvalue weighted by Crippen LogP contribution is 2.30. The lowest BCUT2D eigenvalue weighted by molar-refractivity contribution is 0.472. The van der Waals surface area contributed by atoms with E-state index in [2.05, 4.69) is 37.9 Å². The Hall–Kier alpha value is -1.54. The zero-order chi connectivity index (χ0) is 14.8. The van der Waals surface area contributed by atoms with Crippen molar-refractivity contribution in [1.29, 1.82) is 0 Å². The van der Waals surface area contributed by atoms with Gasteiger partial charge in [0.2, 0.25) is 0 Å². The molecule has 20 heavy (non-hydrogen) atoms. The van der Waals surface area contributed by atoms with Gasteiger partial charge in [0.05, 0.1) is 5.69 Å². The monoisotopic (exact) mass is 289 g/mol. The summed E-state index contributed by atoms with van der Waals surface area (Å²) in [6.07, 6.45) is 1.10. The molecule has 106 valence electrons. The second-order valence-electron chi connectivity index (χ2n) is 5.58. The van der Waals surface area contributed by atoms with Crippen LogP contribution in [0.1, 0.15) is 38.4 Å². The van der Waals surface area contributed by atoms with Crippen molar-refractivity contribution in [3.63, 3.8) is 0 Å². The van der Waals surface area contributed by atoms with Crippen LogP contribution in [0.15, 0.2) is 36.4 Å². The number of hydrogen-bond donors (Lipinski definition) is 0. The number of benzene rings is 1. The van der Waals surface area contributed by atoms with Crippen molar-refractivity contribution in [1.82, 2.24) is 4.98 Å². The fraction of sp³-hybridized carbons (Fsp3) is 0.353. The fourth-order valence-corrected chi connectivity index (χ4v) is 2.12. The van der Waals surface area contributed by atoms with E-state index in [-0.39, 0.29) is 5.41 Å². The lowest BCUT2D eigenvalue weighted by Gasteiger charge is -2.23. The Balaban J connectivity index is 2.19. The average molecular weight is 290 g/mol. The first-order valence-corrected chi connectivity index (χ1v) is 7.22. The van der Waals surface area contributed by atoms with Crippen LogP contribution in [-0.2, 0) is 5.41 Å². The van der Waals surface area contributed by atoms with Crippen molar-refractivity contribution in [3.05, 3.63) is 52.8 Å². The predicted molar refractivity (Wildman–Crippen MR) is 83.8 cm³/mol. The molecule has 0 bridgehead atoms. The van der Waals surface area contributed by atoms with Crippen LogP contribution >= 0.6 is 11.6 Å². The van der Waals surface area contributed by atoms with E-state index in [9.17, 15) is 0 Å². The Morgan fingerprint density at radius 3 is 2.30 bits per heavy atom. The maximum Gasteiger partial charge on any atom is 0.148 e. The van der Waals surface area contributed by atoms with E-state index in [1.54, 1.807) is 6.07 Å². The van der Waals surface area contributed by atoms with Crippen molar-refractivity contribution >= 4 is 11.6 Å². The normalized spacial score (nSPS) is 11.4. The summed E-state index contributed by atoms with van der Waals surface area (Å²) in [4.78, 5) is 4.18. The molecule has 0 unspecified atom stereocenters. The second kappa shape index (κ2) is 5.84. The Kier molecular flexibility index (Phi) is 4.34. The van der Waals surface area contributed by atoms with Gasteiger partial charge < -0.3 is 4.74 Å². The fourth-order valence-electron chi connectivity index (χ4n) is 1.93. The van der Waals surface area contributed by atoms with Crippen LogP contribution in [-0.4, -0.2) is 4.98 Å². The van der Waals surface area contributed by atoms with Gasteiger partial charge in [-0.2, -0.15) is 0 Å². The minimum absolute atomic E-state index is 0.191. The highest BCUT2D eigenvalue weighted by atomic mass is 35.5. The predicted octanol–water partition coefficient (Wildman–Crippen LogP) is 5.52. The van der Waals surface area contributed by atoms with Gasteiger partial charge in [0.15, 0.2) is 0 Å².